The van der Waals surface area contributed by atoms with Gasteiger partial charge in [-0.25, -0.2) is 14.4 Å². The van der Waals surface area contributed by atoms with Crippen LogP contribution in [0.3, 0.4) is 0 Å². The van der Waals surface area contributed by atoms with Crippen molar-refractivity contribution in [3.8, 4) is 23.0 Å². The standard InChI is InChI=1S/C18H18O3.C17H16O4.C14H10O3/c1-3-4-9-20-13-6-8-14-15-7-5-12(2)10-17(15)21-18(19)16(14)11-13;1-2-3-8-20-12-5-7-13-14-6-4-11(18)9-16(14)21-17(19)15(13)10-12;1-8-2-4-11-10-5-3-9(15)7-12(10)14(16)17-13(11)6-8/h5-8,10-11H,3-4,9H2,1-2H3;4-7,9-10,18H,2-3,8H2,1H3;2-7,15H,1H3. The average Bonchev–Trinajstić information content (AvgIpc) is 3.22. The van der Waals surface area contributed by atoms with Crippen molar-refractivity contribution in [3.05, 3.63) is 152 Å². The van der Waals surface area contributed by atoms with Gasteiger partial charge in [-0.3, -0.25) is 0 Å². The van der Waals surface area contributed by atoms with Crippen molar-refractivity contribution in [2.75, 3.05) is 13.2 Å². The second kappa shape index (κ2) is 17.6. The Morgan fingerprint density at radius 1 is 0.424 bits per heavy atom. The molecule has 0 spiro atoms. The fraction of sp³-hybridized carbons (Fsp3) is 0.204. The molecule has 2 N–H and O–H groups in total. The summed E-state index contributed by atoms with van der Waals surface area (Å²) in [5.74, 6) is 1.52. The molecule has 0 saturated carbocycles. The molecule has 0 aliphatic heterocycles. The Morgan fingerprint density at radius 2 is 0.780 bits per heavy atom. The third kappa shape index (κ3) is 8.92. The lowest BCUT2D eigenvalue weighted by Gasteiger charge is -2.07. The van der Waals surface area contributed by atoms with Gasteiger partial charge in [-0.2, -0.15) is 0 Å². The quantitative estimate of drug-likeness (QED) is 0.0864. The van der Waals surface area contributed by atoms with Gasteiger partial charge >= 0.3 is 16.9 Å². The van der Waals surface area contributed by atoms with Gasteiger partial charge in [-0.05, 0) is 117 Å². The van der Waals surface area contributed by atoms with Gasteiger partial charge in [-0.15, -0.1) is 0 Å². The van der Waals surface area contributed by atoms with Gasteiger partial charge in [0, 0.05) is 38.4 Å². The first-order valence-electron chi connectivity index (χ1n) is 19.6. The van der Waals surface area contributed by atoms with Crippen LogP contribution in [0.2, 0.25) is 0 Å². The van der Waals surface area contributed by atoms with Gasteiger partial charge in [0.1, 0.15) is 39.7 Å². The topological polar surface area (TPSA) is 150 Å². The molecule has 3 aromatic heterocycles. The Hall–Kier alpha value is -7.07. The molecule has 0 saturated heterocycles. The number of hydrogen-bond acceptors (Lipinski definition) is 10. The molecule has 0 fully saturated rings. The highest BCUT2D eigenvalue weighted by molar-refractivity contribution is 6.06. The zero-order valence-corrected chi connectivity index (χ0v) is 33.3. The van der Waals surface area contributed by atoms with E-state index < -0.39 is 11.3 Å². The Labute approximate surface area is 338 Å². The van der Waals surface area contributed by atoms with Crippen LogP contribution < -0.4 is 26.4 Å². The Balaban J connectivity index is 0.000000135. The predicted molar refractivity (Wildman–Crippen MR) is 234 cm³/mol. The van der Waals surface area contributed by atoms with E-state index in [2.05, 4.69) is 13.8 Å². The van der Waals surface area contributed by atoms with E-state index in [0.717, 1.165) is 74.9 Å². The number of rotatable bonds is 8. The van der Waals surface area contributed by atoms with Gasteiger partial charge in [0.25, 0.3) is 0 Å². The monoisotopic (exact) mass is 792 g/mol. The van der Waals surface area contributed by atoms with Crippen molar-refractivity contribution >= 4 is 65.2 Å². The SMILES string of the molecule is CCCCOc1ccc2c(c1)c(=O)oc1cc(C)ccc12.CCCCOc1ccc2c(c1)c(=O)oc1cc(O)ccc12.Cc1ccc2c(c1)oc(=O)c1cc(O)ccc12. The summed E-state index contributed by atoms with van der Waals surface area (Å²) in [6.45, 7) is 9.44. The summed E-state index contributed by atoms with van der Waals surface area (Å²) in [4.78, 5) is 36.0. The third-order valence-corrected chi connectivity index (χ3v) is 9.90. The van der Waals surface area contributed by atoms with E-state index in [-0.39, 0.29) is 17.1 Å². The summed E-state index contributed by atoms with van der Waals surface area (Å²) >= 11 is 0. The maximum Gasteiger partial charge on any atom is 0.344 e. The molecular weight excluding hydrogens is 749 g/mol. The van der Waals surface area contributed by atoms with Crippen LogP contribution in [-0.2, 0) is 0 Å². The van der Waals surface area contributed by atoms with Crippen molar-refractivity contribution in [1.29, 1.82) is 0 Å². The van der Waals surface area contributed by atoms with Crippen LogP contribution in [0.25, 0.3) is 65.2 Å². The molecule has 0 unspecified atom stereocenters. The average molecular weight is 793 g/mol. The lowest BCUT2D eigenvalue weighted by Crippen LogP contribution is -2.02. The van der Waals surface area contributed by atoms with Gasteiger partial charge < -0.3 is 32.9 Å². The maximum atomic E-state index is 12.2. The second-order valence-corrected chi connectivity index (χ2v) is 14.4. The molecule has 0 amide bonds. The van der Waals surface area contributed by atoms with Crippen LogP contribution in [0, 0.1) is 13.8 Å². The number of benzene rings is 6. The van der Waals surface area contributed by atoms with Crippen molar-refractivity contribution in [3.63, 3.8) is 0 Å². The molecule has 9 aromatic rings. The normalized spacial score (nSPS) is 11.1. The van der Waals surface area contributed by atoms with Crippen molar-refractivity contribution < 1.29 is 32.9 Å². The fourth-order valence-corrected chi connectivity index (χ4v) is 6.79. The second-order valence-electron chi connectivity index (χ2n) is 14.4. The fourth-order valence-electron chi connectivity index (χ4n) is 6.79. The summed E-state index contributed by atoms with van der Waals surface area (Å²) in [5.41, 5.74) is 2.54. The van der Waals surface area contributed by atoms with Gasteiger partial charge in [0.15, 0.2) is 0 Å². The number of phenols is 2. The van der Waals surface area contributed by atoms with Gasteiger partial charge in [0.2, 0.25) is 0 Å². The molecule has 0 aliphatic carbocycles. The van der Waals surface area contributed by atoms with Crippen molar-refractivity contribution in [1.82, 2.24) is 0 Å². The minimum Gasteiger partial charge on any atom is -0.508 e. The highest BCUT2D eigenvalue weighted by atomic mass is 16.5. The zero-order valence-electron chi connectivity index (χ0n) is 33.3. The molecule has 300 valence electrons. The molecule has 10 heteroatoms. The first kappa shape index (κ1) is 40.1. The van der Waals surface area contributed by atoms with Crippen LogP contribution >= 0.6 is 0 Å². The molecule has 0 radical (unpaired) electrons. The number of aromatic hydroxyl groups is 2. The summed E-state index contributed by atoms with van der Waals surface area (Å²) in [7, 11) is 0. The lowest BCUT2D eigenvalue weighted by atomic mass is 10.1. The van der Waals surface area contributed by atoms with Crippen LogP contribution in [0.15, 0.2) is 137 Å². The van der Waals surface area contributed by atoms with Crippen molar-refractivity contribution in [2.45, 2.75) is 53.4 Å². The number of fused-ring (bicyclic) bond motifs is 9. The van der Waals surface area contributed by atoms with Crippen LogP contribution in [-0.4, -0.2) is 23.4 Å². The first-order valence-corrected chi connectivity index (χ1v) is 19.6. The Morgan fingerprint density at radius 3 is 1.22 bits per heavy atom. The highest BCUT2D eigenvalue weighted by Crippen LogP contribution is 2.30. The molecule has 10 nitrogen and oxygen atoms in total. The van der Waals surface area contributed by atoms with E-state index in [1.165, 1.54) is 12.1 Å². The summed E-state index contributed by atoms with van der Waals surface area (Å²) in [5, 5.41) is 25.5. The Bertz CT molecular complexity index is 3010. The highest BCUT2D eigenvalue weighted by Gasteiger charge is 2.11. The third-order valence-electron chi connectivity index (χ3n) is 9.90. The van der Waals surface area contributed by atoms with E-state index in [9.17, 15) is 24.6 Å². The van der Waals surface area contributed by atoms with Crippen LogP contribution in [0.1, 0.15) is 50.7 Å². The number of phenolic OH excluding ortho intramolecular Hbond substituents is 2. The molecule has 6 aromatic carbocycles. The predicted octanol–water partition coefficient (Wildman–Crippen LogP) is 11.2. The van der Waals surface area contributed by atoms with E-state index in [0.29, 0.717) is 51.9 Å². The molecule has 9 rings (SSSR count). The van der Waals surface area contributed by atoms with Crippen molar-refractivity contribution in [2.24, 2.45) is 0 Å². The molecular formula is C49H44O10. The minimum absolute atomic E-state index is 0.0660. The Kier molecular flexibility index (Phi) is 12.0. The maximum absolute atomic E-state index is 12.2. The summed E-state index contributed by atoms with van der Waals surface area (Å²) in [6, 6.07) is 32.2. The molecule has 0 bridgehead atoms. The van der Waals surface area contributed by atoms with E-state index >= 15 is 0 Å². The van der Waals surface area contributed by atoms with Gasteiger partial charge in [-0.1, -0.05) is 51.0 Å². The molecule has 0 atom stereocenters. The molecule has 59 heavy (non-hydrogen) atoms. The molecule has 3 heterocycles. The van der Waals surface area contributed by atoms with E-state index in [1.54, 1.807) is 36.4 Å². The summed E-state index contributed by atoms with van der Waals surface area (Å²) in [6.07, 6.45) is 4.12. The minimum atomic E-state index is -0.427. The largest absolute Gasteiger partial charge is 0.508 e. The van der Waals surface area contributed by atoms with E-state index in [4.69, 9.17) is 22.7 Å². The summed E-state index contributed by atoms with van der Waals surface area (Å²) < 4.78 is 27.2. The van der Waals surface area contributed by atoms with E-state index in [1.807, 2.05) is 74.5 Å². The number of unbranched alkanes of at least 4 members (excludes halogenated alkanes) is 2. The smallest absolute Gasteiger partial charge is 0.344 e. The number of aryl methyl sites for hydroxylation is 2. The first-order chi connectivity index (χ1) is 28.5. The van der Waals surface area contributed by atoms with Gasteiger partial charge in [0.05, 0.1) is 29.4 Å². The number of hydrogen-bond donors (Lipinski definition) is 2. The van der Waals surface area contributed by atoms with Crippen LogP contribution in [0.4, 0.5) is 0 Å². The van der Waals surface area contributed by atoms with Crippen LogP contribution in [0.5, 0.6) is 23.0 Å². The lowest BCUT2D eigenvalue weighted by molar-refractivity contribution is 0.309. The molecule has 0 aliphatic rings. The zero-order chi connectivity index (χ0) is 41.6. The number of ether oxygens (including phenoxy) is 2.